The highest BCUT2D eigenvalue weighted by Gasteiger charge is 2.36. The topological polar surface area (TPSA) is 49.4 Å². The van der Waals surface area contributed by atoms with Crippen LogP contribution in [0.5, 0.6) is 0 Å². The van der Waals surface area contributed by atoms with E-state index >= 15 is 0 Å². The Kier molecular flexibility index (Phi) is 3.33. The molecule has 1 heterocycles. The maximum atomic E-state index is 12.2. The standard InChI is InChI=1S/C10H20N2O2S/c1-12(9-6-7-11-8-9)15(13,14)10-4-2-3-5-10/h9-11H,2-8H2,1H3. The van der Waals surface area contributed by atoms with Crippen LogP contribution in [0, 0.1) is 0 Å². The number of nitrogens with zero attached hydrogens (tertiary/aromatic N) is 1. The third-order valence-corrected chi connectivity index (χ3v) is 6.09. The smallest absolute Gasteiger partial charge is 0.217 e. The molecule has 15 heavy (non-hydrogen) atoms. The minimum atomic E-state index is -3.03. The van der Waals surface area contributed by atoms with Crippen LogP contribution in [-0.2, 0) is 10.0 Å². The molecule has 2 fully saturated rings. The van der Waals surface area contributed by atoms with Gasteiger partial charge in [-0.2, -0.15) is 0 Å². The minimum Gasteiger partial charge on any atom is -0.315 e. The highest BCUT2D eigenvalue weighted by Crippen LogP contribution is 2.28. The molecular formula is C10H20N2O2S. The van der Waals surface area contributed by atoms with Crippen LogP contribution in [0.25, 0.3) is 0 Å². The second-order valence-electron chi connectivity index (χ2n) is 4.61. The van der Waals surface area contributed by atoms with Crippen molar-refractivity contribution in [2.24, 2.45) is 0 Å². The Bertz CT molecular complexity index is 303. The lowest BCUT2D eigenvalue weighted by Gasteiger charge is -2.26. The highest BCUT2D eigenvalue weighted by atomic mass is 32.2. The van der Waals surface area contributed by atoms with Gasteiger partial charge >= 0.3 is 0 Å². The third-order valence-electron chi connectivity index (χ3n) is 3.67. The average molecular weight is 232 g/mol. The van der Waals surface area contributed by atoms with Gasteiger partial charge in [-0.1, -0.05) is 12.8 Å². The van der Waals surface area contributed by atoms with Crippen molar-refractivity contribution in [1.29, 1.82) is 0 Å². The van der Waals surface area contributed by atoms with E-state index in [1.165, 1.54) is 0 Å². The van der Waals surface area contributed by atoms with Gasteiger partial charge in [-0.3, -0.25) is 0 Å². The summed E-state index contributed by atoms with van der Waals surface area (Å²) in [5.41, 5.74) is 0. The molecule has 0 spiro atoms. The van der Waals surface area contributed by atoms with E-state index in [4.69, 9.17) is 0 Å². The summed E-state index contributed by atoms with van der Waals surface area (Å²) >= 11 is 0. The Morgan fingerprint density at radius 3 is 2.40 bits per heavy atom. The van der Waals surface area contributed by atoms with Crippen LogP contribution in [-0.4, -0.2) is 44.2 Å². The van der Waals surface area contributed by atoms with Gasteiger partial charge in [0.2, 0.25) is 10.0 Å². The van der Waals surface area contributed by atoms with Crippen LogP contribution in [0.2, 0.25) is 0 Å². The summed E-state index contributed by atoms with van der Waals surface area (Å²) in [5, 5.41) is 3.10. The Labute approximate surface area is 92.1 Å². The van der Waals surface area contributed by atoms with E-state index in [2.05, 4.69) is 5.32 Å². The summed E-state index contributed by atoms with van der Waals surface area (Å²) in [6, 6.07) is 0.176. The van der Waals surface area contributed by atoms with Crippen molar-refractivity contribution in [3.05, 3.63) is 0 Å². The van der Waals surface area contributed by atoms with E-state index < -0.39 is 10.0 Å². The highest BCUT2D eigenvalue weighted by molar-refractivity contribution is 7.89. The zero-order valence-electron chi connectivity index (χ0n) is 9.28. The summed E-state index contributed by atoms with van der Waals surface area (Å²) < 4.78 is 26.0. The summed E-state index contributed by atoms with van der Waals surface area (Å²) in [5.74, 6) is 0. The molecule has 0 amide bonds. The van der Waals surface area contributed by atoms with E-state index in [0.29, 0.717) is 0 Å². The van der Waals surface area contributed by atoms with E-state index in [9.17, 15) is 8.42 Å². The van der Waals surface area contributed by atoms with Crippen molar-refractivity contribution in [1.82, 2.24) is 9.62 Å². The zero-order chi connectivity index (χ0) is 10.9. The number of sulfonamides is 1. The molecule has 1 atom stereocenters. The lowest BCUT2D eigenvalue weighted by atomic mass is 10.3. The van der Waals surface area contributed by atoms with E-state index in [1.807, 2.05) is 0 Å². The van der Waals surface area contributed by atoms with E-state index in [1.54, 1.807) is 11.4 Å². The van der Waals surface area contributed by atoms with Crippen LogP contribution >= 0.6 is 0 Å². The Balaban J connectivity index is 2.06. The normalized spacial score (nSPS) is 29.1. The van der Waals surface area contributed by atoms with Crippen molar-refractivity contribution >= 4 is 10.0 Å². The molecule has 0 radical (unpaired) electrons. The lowest BCUT2D eigenvalue weighted by molar-refractivity contribution is 0.381. The molecule has 0 bridgehead atoms. The van der Waals surface area contributed by atoms with Crippen LogP contribution in [0.1, 0.15) is 32.1 Å². The van der Waals surface area contributed by atoms with Crippen LogP contribution < -0.4 is 5.32 Å². The monoisotopic (exact) mass is 232 g/mol. The summed E-state index contributed by atoms with van der Waals surface area (Å²) in [4.78, 5) is 0. The number of hydrogen-bond acceptors (Lipinski definition) is 3. The molecule has 1 N–H and O–H groups in total. The molecule has 0 aromatic carbocycles. The van der Waals surface area contributed by atoms with Gasteiger partial charge in [0.15, 0.2) is 0 Å². The van der Waals surface area contributed by atoms with Gasteiger partial charge in [-0.15, -0.1) is 0 Å². The average Bonchev–Trinajstić information content (AvgIpc) is 2.89. The fraction of sp³-hybridized carbons (Fsp3) is 1.00. The van der Waals surface area contributed by atoms with Crippen LogP contribution in [0.3, 0.4) is 0 Å². The van der Waals surface area contributed by atoms with Gasteiger partial charge < -0.3 is 5.32 Å². The maximum absolute atomic E-state index is 12.2. The van der Waals surface area contributed by atoms with E-state index in [-0.39, 0.29) is 11.3 Å². The predicted octanol–water partition coefficient (Wildman–Crippen LogP) is 0.552. The molecule has 1 aliphatic carbocycles. The molecule has 4 nitrogen and oxygen atoms in total. The largest absolute Gasteiger partial charge is 0.315 e. The fourth-order valence-electron chi connectivity index (χ4n) is 2.58. The van der Waals surface area contributed by atoms with Crippen LogP contribution in [0.15, 0.2) is 0 Å². The quantitative estimate of drug-likeness (QED) is 0.773. The number of hydrogen-bond donors (Lipinski definition) is 1. The predicted molar refractivity (Wildman–Crippen MR) is 60.2 cm³/mol. The molecule has 1 aliphatic heterocycles. The van der Waals surface area contributed by atoms with Gasteiger partial charge in [-0.25, -0.2) is 12.7 Å². The Hall–Kier alpha value is -0.130. The van der Waals surface area contributed by atoms with Gasteiger partial charge in [0.25, 0.3) is 0 Å². The molecule has 0 aromatic rings. The molecular weight excluding hydrogens is 212 g/mol. The Morgan fingerprint density at radius 1 is 1.20 bits per heavy atom. The lowest BCUT2D eigenvalue weighted by Crippen LogP contribution is -2.42. The maximum Gasteiger partial charge on any atom is 0.217 e. The van der Waals surface area contributed by atoms with Crippen molar-refractivity contribution in [3.8, 4) is 0 Å². The van der Waals surface area contributed by atoms with Crippen LogP contribution in [0.4, 0.5) is 0 Å². The molecule has 1 saturated heterocycles. The summed E-state index contributed by atoms with van der Waals surface area (Å²) in [6.07, 6.45) is 4.80. The Morgan fingerprint density at radius 2 is 1.87 bits per heavy atom. The first kappa shape index (κ1) is 11.4. The summed E-state index contributed by atoms with van der Waals surface area (Å²) in [7, 11) is -1.29. The fourth-order valence-corrected chi connectivity index (χ4v) is 4.57. The van der Waals surface area contributed by atoms with Gasteiger partial charge in [0, 0.05) is 19.6 Å². The second-order valence-corrected chi connectivity index (χ2v) is 6.89. The van der Waals surface area contributed by atoms with Crippen molar-refractivity contribution in [3.63, 3.8) is 0 Å². The third kappa shape index (κ3) is 2.19. The molecule has 0 aromatic heterocycles. The van der Waals surface area contributed by atoms with Gasteiger partial charge in [0.05, 0.1) is 5.25 Å². The minimum absolute atomic E-state index is 0.108. The number of nitrogens with one attached hydrogen (secondary N) is 1. The molecule has 2 rings (SSSR count). The summed E-state index contributed by atoms with van der Waals surface area (Å²) in [6.45, 7) is 1.75. The van der Waals surface area contributed by atoms with Crippen molar-refractivity contribution < 1.29 is 8.42 Å². The molecule has 1 unspecified atom stereocenters. The first-order valence-corrected chi connectivity index (χ1v) is 7.30. The van der Waals surface area contributed by atoms with Gasteiger partial charge in [-0.05, 0) is 25.8 Å². The number of likely N-dealkylation sites (N-methyl/N-ethyl adjacent to an activating group) is 1. The van der Waals surface area contributed by atoms with Crippen molar-refractivity contribution in [2.75, 3.05) is 20.1 Å². The molecule has 88 valence electrons. The van der Waals surface area contributed by atoms with Gasteiger partial charge in [0.1, 0.15) is 0 Å². The SMILES string of the molecule is CN(C1CCNC1)S(=O)(=O)C1CCCC1. The van der Waals surface area contributed by atoms with E-state index in [0.717, 1.165) is 45.2 Å². The first-order chi connectivity index (χ1) is 7.12. The molecule has 1 saturated carbocycles. The first-order valence-electron chi connectivity index (χ1n) is 5.80. The molecule has 5 heteroatoms. The molecule has 2 aliphatic rings. The van der Waals surface area contributed by atoms with Crippen molar-refractivity contribution in [2.45, 2.75) is 43.4 Å². The zero-order valence-corrected chi connectivity index (χ0v) is 10.1. The second kappa shape index (κ2) is 4.39. The number of rotatable bonds is 3.